The van der Waals surface area contributed by atoms with Crippen LogP contribution in [-0.4, -0.2) is 88.5 Å². The Balaban J connectivity index is 1.50. The van der Waals surface area contributed by atoms with Gasteiger partial charge in [0.25, 0.3) is 17.7 Å². The molecule has 0 fully saturated rings. The van der Waals surface area contributed by atoms with Gasteiger partial charge < -0.3 is 43.6 Å². The molecular formula is C37H35N3O14. The number of anilines is 1. The second kappa shape index (κ2) is 18.3. The van der Waals surface area contributed by atoms with E-state index in [2.05, 4.69) is 10.7 Å². The lowest BCUT2D eigenvalue weighted by Gasteiger charge is -2.23. The van der Waals surface area contributed by atoms with Crippen molar-refractivity contribution in [2.45, 2.75) is 12.2 Å². The summed E-state index contributed by atoms with van der Waals surface area (Å²) in [5.74, 6) is -5.65. The van der Waals surface area contributed by atoms with Gasteiger partial charge in [0.15, 0.2) is 11.5 Å². The Labute approximate surface area is 308 Å². The number of methoxy groups -OCH3 is 5. The molecule has 3 amide bonds. The number of rotatable bonds is 15. The van der Waals surface area contributed by atoms with Gasteiger partial charge in [0.1, 0.15) is 11.5 Å². The van der Waals surface area contributed by atoms with Crippen LogP contribution in [-0.2, 0) is 19.1 Å². The molecule has 17 nitrogen and oxygen atoms in total. The van der Waals surface area contributed by atoms with Crippen LogP contribution in [0.15, 0.2) is 84.9 Å². The first-order valence-electron chi connectivity index (χ1n) is 15.7. The molecule has 0 aliphatic carbocycles. The number of hydrogen-bond acceptors (Lipinski definition) is 13. The number of ether oxygens (including phenoxy) is 7. The first kappa shape index (κ1) is 39.5. The molecule has 0 aliphatic heterocycles. The quantitative estimate of drug-likeness (QED) is 0.101. The van der Waals surface area contributed by atoms with Crippen LogP contribution in [0.4, 0.5) is 5.69 Å². The molecule has 0 aromatic heterocycles. The standard InChI is InChI=1S/C37H35N3O14/c1-48-25-10-6-8-21(16-25)36(46)53-30(31(35(44)45)54-37(47)22-9-7-11-26(17-22)49-2)34(43)40-39-33(42)20-12-14-24(15-13-20)38-32(41)23-18-27(50-3)29(52-5)28(19-23)51-4/h6-19,30-31H,1-5H3,(H,38,41)(H,39,42)(H,40,43)(H,44,45)/t30-,31+/m0/s1. The lowest BCUT2D eigenvalue weighted by molar-refractivity contribution is -0.159. The molecule has 0 radical (unpaired) electrons. The highest BCUT2D eigenvalue weighted by atomic mass is 16.6. The molecule has 4 aromatic rings. The molecule has 54 heavy (non-hydrogen) atoms. The SMILES string of the molecule is COc1cccc(C(=O)O[C@H](C(=O)NNC(=O)c2ccc(NC(=O)c3cc(OC)c(OC)c(OC)c3)cc2)[C@@H](OC(=O)c2cccc(OC)c2)C(=O)O)c1. The Hall–Kier alpha value is -7.30. The maximum atomic E-state index is 13.4. The third kappa shape index (κ3) is 9.72. The van der Waals surface area contributed by atoms with E-state index in [9.17, 15) is 33.9 Å². The van der Waals surface area contributed by atoms with E-state index in [1.54, 1.807) is 0 Å². The number of carbonyl (C=O) groups excluding carboxylic acids is 5. The summed E-state index contributed by atoms with van der Waals surface area (Å²) < 4.78 is 36.4. The van der Waals surface area contributed by atoms with E-state index in [1.165, 1.54) is 120 Å². The molecule has 4 aromatic carbocycles. The van der Waals surface area contributed by atoms with E-state index in [0.29, 0.717) is 11.4 Å². The van der Waals surface area contributed by atoms with Crippen LogP contribution in [0.3, 0.4) is 0 Å². The monoisotopic (exact) mass is 745 g/mol. The number of esters is 2. The number of nitrogens with one attached hydrogen (secondary N) is 3. The average molecular weight is 746 g/mol. The Kier molecular flexibility index (Phi) is 13.4. The predicted octanol–water partition coefficient (Wildman–Crippen LogP) is 3.28. The van der Waals surface area contributed by atoms with Crippen LogP contribution in [0, 0.1) is 0 Å². The minimum atomic E-state index is -2.39. The molecule has 4 rings (SSSR count). The second-order valence-corrected chi connectivity index (χ2v) is 10.8. The normalized spacial score (nSPS) is 11.4. The van der Waals surface area contributed by atoms with Crippen molar-refractivity contribution in [3.63, 3.8) is 0 Å². The molecule has 0 saturated heterocycles. The van der Waals surface area contributed by atoms with Crippen molar-refractivity contribution in [2.75, 3.05) is 40.9 Å². The Morgan fingerprint density at radius 2 is 1.06 bits per heavy atom. The van der Waals surface area contributed by atoms with Crippen LogP contribution in [0.25, 0.3) is 0 Å². The molecule has 0 aliphatic rings. The number of benzene rings is 4. The van der Waals surface area contributed by atoms with Crippen molar-refractivity contribution in [3.8, 4) is 28.7 Å². The topological polar surface area (TPSA) is 223 Å². The number of carbonyl (C=O) groups is 6. The minimum Gasteiger partial charge on any atom is -0.497 e. The van der Waals surface area contributed by atoms with Gasteiger partial charge in [-0.1, -0.05) is 12.1 Å². The van der Waals surface area contributed by atoms with Crippen LogP contribution >= 0.6 is 0 Å². The van der Waals surface area contributed by atoms with E-state index in [1.807, 2.05) is 5.43 Å². The summed E-state index contributed by atoms with van der Waals surface area (Å²) in [6, 6.07) is 19.5. The molecule has 4 N–H and O–H groups in total. The van der Waals surface area contributed by atoms with Crippen molar-refractivity contribution in [2.24, 2.45) is 0 Å². The molecule has 0 bridgehead atoms. The molecule has 2 atom stereocenters. The van der Waals surface area contributed by atoms with Crippen LogP contribution in [0.2, 0.25) is 0 Å². The van der Waals surface area contributed by atoms with Gasteiger partial charge in [-0.15, -0.1) is 0 Å². The van der Waals surface area contributed by atoms with Crippen LogP contribution in [0.1, 0.15) is 41.4 Å². The maximum Gasteiger partial charge on any atom is 0.349 e. The van der Waals surface area contributed by atoms with Gasteiger partial charge in [0.05, 0.1) is 46.7 Å². The highest BCUT2D eigenvalue weighted by Crippen LogP contribution is 2.38. The van der Waals surface area contributed by atoms with Crippen LogP contribution in [0.5, 0.6) is 28.7 Å². The third-order valence-corrected chi connectivity index (χ3v) is 7.49. The number of aliphatic carboxylic acids is 1. The molecular weight excluding hydrogens is 710 g/mol. The molecule has 282 valence electrons. The van der Waals surface area contributed by atoms with Gasteiger partial charge in [0.2, 0.25) is 18.0 Å². The molecule has 0 heterocycles. The van der Waals surface area contributed by atoms with Crippen molar-refractivity contribution >= 4 is 41.3 Å². The summed E-state index contributed by atoms with van der Waals surface area (Å²) in [4.78, 5) is 77.8. The Morgan fingerprint density at radius 3 is 1.52 bits per heavy atom. The lowest BCUT2D eigenvalue weighted by Crippen LogP contribution is -2.54. The summed E-state index contributed by atoms with van der Waals surface area (Å²) >= 11 is 0. The van der Waals surface area contributed by atoms with Gasteiger partial charge in [-0.25, -0.2) is 14.4 Å². The fourth-order valence-electron chi connectivity index (χ4n) is 4.74. The van der Waals surface area contributed by atoms with Crippen molar-refractivity contribution in [1.82, 2.24) is 10.9 Å². The summed E-state index contributed by atoms with van der Waals surface area (Å²) in [5, 5.41) is 12.7. The van der Waals surface area contributed by atoms with Gasteiger partial charge in [-0.05, 0) is 72.8 Å². The van der Waals surface area contributed by atoms with Gasteiger partial charge in [-0.3, -0.25) is 25.2 Å². The van der Waals surface area contributed by atoms with Crippen LogP contribution < -0.4 is 39.9 Å². The Bertz CT molecular complexity index is 2010. The van der Waals surface area contributed by atoms with E-state index >= 15 is 0 Å². The zero-order valence-corrected chi connectivity index (χ0v) is 29.5. The summed E-state index contributed by atoms with van der Waals surface area (Å²) in [6.45, 7) is 0. The fraction of sp³-hybridized carbons (Fsp3) is 0.189. The third-order valence-electron chi connectivity index (χ3n) is 7.49. The highest BCUT2D eigenvalue weighted by Gasteiger charge is 2.41. The van der Waals surface area contributed by atoms with E-state index in [4.69, 9.17) is 33.2 Å². The summed E-state index contributed by atoms with van der Waals surface area (Å²) in [5.41, 5.74) is 4.32. The number of carboxylic acids is 1. The van der Waals surface area contributed by atoms with E-state index < -0.39 is 47.8 Å². The fourth-order valence-corrected chi connectivity index (χ4v) is 4.74. The maximum absolute atomic E-state index is 13.4. The van der Waals surface area contributed by atoms with Gasteiger partial charge in [0, 0.05) is 16.8 Å². The largest absolute Gasteiger partial charge is 0.497 e. The first-order valence-corrected chi connectivity index (χ1v) is 15.7. The number of amides is 3. The highest BCUT2D eigenvalue weighted by molar-refractivity contribution is 6.05. The number of hydrogen-bond donors (Lipinski definition) is 4. The summed E-state index contributed by atoms with van der Waals surface area (Å²) in [6.07, 6.45) is -4.70. The van der Waals surface area contributed by atoms with Crippen molar-refractivity contribution < 1.29 is 67.0 Å². The Morgan fingerprint density at radius 1 is 0.537 bits per heavy atom. The van der Waals surface area contributed by atoms with Crippen molar-refractivity contribution in [3.05, 3.63) is 107 Å². The second-order valence-electron chi connectivity index (χ2n) is 10.8. The zero-order valence-electron chi connectivity index (χ0n) is 29.5. The zero-order chi connectivity index (χ0) is 39.4. The lowest BCUT2D eigenvalue weighted by atomic mass is 10.1. The predicted molar refractivity (Wildman–Crippen MR) is 188 cm³/mol. The minimum absolute atomic E-state index is 0.00903. The van der Waals surface area contributed by atoms with E-state index in [0.717, 1.165) is 0 Å². The number of carboxylic acid groups (broad SMARTS) is 1. The number of hydrazine groups is 1. The molecule has 0 unspecified atom stereocenters. The molecule has 0 spiro atoms. The first-order chi connectivity index (χ1) is 25.9. The van der Waals surface area contributed by atoms with Gasteiger partial charge >= 0.3 is 17.9 Å². The van der Waals surface area contributed by atoms with Crippen molar-refractivity contribution in [1.29, 1.82) is 0 Å². The molecule has 17 heteroatoms. The average Bonchev–Trinajstić information content (AvgIpc) is 3.20. The smallest absolute Gasteiger partial charge is 0.349 e. The molecule has 0 saturated carbocycles. The van der Waals surface area contributed by atoms with Gasteiger partial charge in [-0.2, -0.15) is 0 Å². The van der Waals surface area contributed by atoms with E-state index in [-0.39, 0.29) is 45.3 Å². The summed E-state index contributed by atoms with van der Waals surface area (Å²) in [7, 11) is 6.94.